The van der Waals surface area contributed by atoms with Gasteiger partial charge >= 0.3 is 0 Å². The topological polar surface area (TPSA) is 112 Å². The van der Waals surface area contributed by atoms with E-state index >= 15 is 0 Å². The van der Waals surface area contributed by atoms with Crippen LogP contribution in [-0.2, 0) is 11.2 Å². The standard InChI is InChI=1S/C17H22N6O/c1-11(2)14(18)10-15(19)21-17(24)9-13-5-7-23(22-13)16-8-12(3)4-6-20-16/h4-8,10-11H,9,18H2,1-3H3,(H2,19,21,24)/b14-10-. The van der Waals surface area contributed by atoms with Crippen molar-refractivity contribution in [2.45, 2.75) is 27.2 Å². The minimum absolute atomic E-state index is 0.0644. The average Bonchev–Trinajstić information content (AvgIpc) is 2.95. The van der Waals surface area contributed by atoms with Gasteiger partial charge in [0, 0.05) is 18.1 Å². The SMILES string of the molecule is Cc1ccnc(-n2ccc(CC(=O)N=C(N)/C=C(\N)C(C)C)n2)c1. The summed E-state index contributed by atoms with van der Waals surface area (Å²) in [5.41, 5.74) is 13.8. The number of carbonyl (C=O) groups is 1. The number of aliphatic imine (C=N–C) groups is 1. The number of allylic oxidation sites excluding steroid dienone is 1. The average molecular weight is 326 g/mol. The van der Waals surface area contributed by atoms with Crippen LogP contribution in [0.3, 0.4) is 0 Å². The van der Waals surface area contributed by atoms with Gasteiger partial charge in [0.15, 0.2) is 5.82 Å². The van der Waals surface area contributed by atoms with Crippen molar-refractivity contribution in [1.29, 1.82) is 0 Å². The Bertz CT molecular complexity index is 788. The maximum Gasteiger partial charge on any atom is 0.253 e. The van der Waals surface area contributed by atoms with E-state index in [9.17, 15) is 4.79 Å². The van der Waals surface area contributed by atoms with Gasteiger partial charge in [-0.1, -0.05) is 13.8 Å². The molecule has 2 aromatic heterocycles. The fourth-order valence-corrected chi connectivity index (χ4v) is 1.94. The molecule has 0 aliphatic heterocycles. The van der Waals surface area contributed by atoms with Crippen molar-refractivity contribution in [3.63, 3.8) is 0 Å². The molecular weight excluding hydrogens is 304 g/mol. The Morgan fingerprint density at radius 2 is 2.12 bits per heavy atom. The summed E-state index contributed by atoms with van der Waals surface area (Å²) >= 11 is 0. The van der Waals surface area contributed by atoms with E-state index in [0.29, 0.717) is 17.2 Å². The third kappa shape index (κ3) is 4.77. The molecule has 0 spiro atoms. The van der Waals surface area contributed by atoms with E-state index in [-0.39, 0.29) is 24.1 Å². The minimum Gasteiger partial charge on any atom is -0.402 e. The number of aryl methyl sites for hydroxylation is 1. The molecule has 1 amide bonds. The van der Waals surface area contributed by atoms with Gasteiger partial charge in [0.25, 0.3) is 5.91 Å². The van der Waals surface area contributed by atoms with Crippen molar-refractivity contribution < 1.29 is 4.79 Å². The normalized spacial score (nSPS) is 12.7. The first-order chi connectivity index (χ1) is 11.3. The van der Waals surface area contributed by atoms with Gasteiger partial charge < -0.3 is 11.5 Å². The highest BCUT2D eigenvalue weighted by Gasteiger charge is 2.08. The number of aromatic nitrogens is 3. The quantitative estimate of drug-likeness (QED) is 0.638. The van der Waals surface area contributed by atoms with Gasteiger partial charge in [-0.15, -0.1) is 0 Å². The lowest BCUT2D eigenvalue weighted by Gasteiger charge is -2.03. The van der Waals surface area contributed by atoms with Crippen LogP contribution in [0.4, 0.5) is 0 Å². The molecule has 0 fully saturated rings. The monoisotopic (exact) mass is 326 g/mol. The van der Waals surface area contributed by atoms with Crippen LogP contribution in [-0.4, -0.2) is 26.5 Å². The molecule has 7 heteroatoms. The second kappa shape index (κ2) is 7.54. The molecule has 126 valence electrons. The molecule has 0 saturated carbocycles. The smallest absolute Gasteiger partial charge is 0.253 e. The van der Waals surface area contributed by atoms with Crippen molar-refractivity contribution in [1.82, 2.24) is 14.8 Å². The predicted octanol–water partition coefficient (Wildman–Crippen LogP) is 1.50. The summed E-state index contributed by atoms with van der Waals surface area (Å²) in [6.45, 7) is 5.85. The van der Waals surface area contributed by atoms with Crippen molar-refractivity contribution in [2.75, 3.05) is 0 Å². The fourth-order valence-electron chi connectivity index (χ4n) is 1.94. The first-order valence-corrected chi connectivity index (χ1v) is 7.67. The maximum atomic E-state index is 12.0. The van der Waals surface area contributed by atoms with Gasteiger partial charge in [-0.2, -0.15) is 10.1 Å². The fraction of sp³-hybridized carbons (Fsp3) is 0.294. The molecule has 24 heavy (non-hydrogen) atoms. The van der Waals surface area contributed by atoms with Crippen molar-refractivity contribution in [2.24, 2.45) is 22.4 Å². The van der Waals surface area contributed by atoms with Crippen molar-refractivity contribution >= 4 is 11.7 Å². The largest absolute Gasteiger partial charge is 0.402 e. The van der Waals surface area contributed by atoms with Gasteiger partial charge in [0.2, 0.25) is 0 Å². The van der Waals surface area contributed by atoms with E-state index < -0.39 is 0 Å². The third-order valence-electron chi connectivity index (χ3n) is 3.35. The van der Waals surface area contributed by atoms with Crippen LogP contribution in [0.15, 0.2) is 47.4 Å². The summed E-state index contributed by atoms with van der Waals surface area (Å²) in [6, 6.07) is 5.57. The van der Waals surface area contributed by atoms with Crippen LogP contribution >= 0.6 is 0 Å². The molecule has 0 aliphatic rings. The van der Waals surface area contributed by atoms with Crippen LogP contribution in [0.1, 0.15) is 25.1 Å². The van der Waals surface area contributed by atoms with E-state index in [1.54, 1.807) is 23.1 Å². The van der Waals surface area contributed by atoms with E-state index in [2.05, 4.69) is 15.1 Å². The van der Waals surface area contributed by atoms with Gasteiger partial charge in [-0.05, 0) is 42.7 Å². The van der Waals surface area contributed by atoms with Gasteiger partial charge in [0.1, 0.15) is 5.84 Å². The zero-order valence-electron chi connectivity index (χ0n) is 14.1. The summed E-state index contributed by atoms with van der Waals surface area (Å²) in [7, 11) is 0. The highest BCUT2D eigenvalue weighted by atomic mass is 16.1. The number of amides is 1. The first kappa shape index (κ1) is 17.4. The molecule has 4 N–H and O–H groups in total. The molecule has 0 aliphatic carbocycles. The summed E-state index contributed by atoms with van der Waals surface area (Å²) in [6.07, 6.45) is 5.05. The zero-order valence-corrected chi connectivity index (χ0v) is 14.1. The van der Waals surface area contributed by atoms with Gasteiger partial charge in [0.05, 0.1) is 12.1 Å². The molecule has 0 bridgehead atoms. The first-order valence-electron chi connectivity index (χ1n) is 7.67. The summed E-state index contributed by atoms with van der Waals surface area (Å²) in [4.78, 5) is 20.0. The Morgan fingerprint density at radius 1 is 1.38 bits per heavy atom. The minimum atomic E-state index is -0.372. The Labute approximate surface area is 141 Å². The number of hydrogen-bond acceptors (Lipinski definition) is 4. The molecule has 0 atom stereocenters. The third-order valence-corrected chi connectivity index (χ3v) is 3.35. The van der Waals surface area contributed by atoms with Crippen LogP contribution in [0.25, 0.3) is 5.82 Å². The number of pyridine rings is 1. The molecule has 0 saturated heterocycles. The van der Waals surface area contributed by atoms with E-state index in [1.165, 1.54) is 6.08 Å². The number of amidine groups is 1. The Hall–Kier alpha value is -2.96. The number of carbonyl (C=O) groups excluding carboxylic acids is 1. The Morgan fingerprint density at radius 3 is 2.79 bits per heavy atom. The molecule has 0 radical (unpaired) electrons. The van der Waals surface area contributed by atoms with Crippen molar-refractivity contribution in [3.05, 3.63) is 53.6 Å². The number of rotatable bonds is 5. The molecule has 2 heterocycles. The zero-order chi connectivity index (χ0) is 17.7. The highest BCUT2D eigenvalue weighted by molar-refractivity contribution is 6.00. The Kier molecular flexibility index (Phi) is 5.47. The van der Waals surface area contributed by atoms with Crippen molar-refractivity contribution in [3.8, 4) is 5.82 Å². The number of hydrogen-bond donors (Lipinski definition) is 2. The lowest BCUT2D eigenvalue weighted by Crippen LogP contribution is -2.16. The second-order valence-corrected chi connectivity index (χ2v) is 5.85. The van der Waals surface area contributed by atoms with Crippen LogP contribution < -0.4 is 11.5 Å². The molecule has 0 unspecified atom stereocenters. The lowest BCUT2D eigenvalue weighted by atomic mass is 10.1. The van der Waals surface area contributed by atoms with Gasteiger partial charge in [-0.3, -0.25) is 4.79 Å². The van der Waals surface area contributed by atoms with Crippen LogP contribution in [0.2, 0.25) is 0 Å². The Balaban J connectivity index is 2.07. The number of nitrogens with zero attached hydrogens (tertiary/aromatic N) is 4. The van der Waals surface area contributed by atoms with E-state index in [4.69, 9.17) is 11.5 Å². The second-order valence-electron chi connectivity index (χ2n) is 5.85. The van der Waals surface area contributed by atoms with Crippen LogP contribution in [0, 0.1) is 12.8 Å². The molecule has 2 rings (SSSR count). The summed E-state index contributed by atoms with van der Waals surface area (Å²) < 4.78 is 1.62. The lowest BCUT2D eigenvalue weighted by molar-refractivity contribution is -0.117. The van der Waals surface area contributed by atoms with E-state index in [0.717, 1.165) is 5.56 Å². The maximum absolute atomic E-state index is 12.0. The van der Waals surface area contributed by atoms with Crippen LogP contribution in [0.5, 0.6) is 0 Å². The number of nitrogens with two attached hydrogens (primary N) is 2. The van der Waals surface area contributed by atoms with Gasteiger partial charge in [-0.25, -0.2) is 9.67 Å². The van der Waals surface area contributed by atoms with E-state index in [1.807, 2.05) is 32.9 Å². The molecule has 7 nitrogen and oxygen atoms in total. The summed E-state index contributed by atoms with van der Waals surface area (Å²) in [5.74, 6) is 0.574. The molecule has 2 aromatic rings. The molecular formula is C17H22N6O. The molecule has 0 aromatic carbocycles. The highest BCUT2D eigenvalue weighted by Crippen LogP contribution is 2.07. The predicted molar refractivity (Wildman–Crippen MR) is 93.5 cm³/mol. The summed E-state index contributed by atoms with van der Waals surface area (Å²) in [5, 5.41) is 4.34.